The largest absolute Gasteiger partial charge is 0.289 e. The number of nitrogens with one attached hydrogen (secondary N) is 1. The molecule has 8 heavy (non-hydrogen) atoms. The first-order valence-corrected chi connectivity index (χ1v) is 2.66. The maximum absolute atomic E-state index is 10.4. The number of hydrogen-bond acceptors (Lipinski definition) is 2. The van der Waals surface area contributed by atoms with Gasteiger partial charge in [0, 0.05) is 5.92 Å². The Hall–Kier alpha value is -0.570. The van der Waals surface area contributed by atoms with Crippen molar-refractivity contribution in [3.05, 3.63) is 0 Å². The van der Waals surface area contributed by atoms with E-state index >= 15 is 0 Å². The van der Waals surface area contributed by atoms with Crippen LogP contribution in [0.25, 0.3) is 0 Å². The third kappa shape index (κ3) is 1.93. The van der Waals surface area contributed by atoms with E-state index in [1.807, 2.05) is 6.92 Å². The highest BCUT2D eigenvalue weighted by Crippen LogP contribution is 1.97. The first kappa shape index (κ1) is 7.43. The SMILES string of the molecule is CC[C@H](C)C(=O)NO. The van der Waals surface area contributed by atoms with Gasteiger partial charge in [0.1, 0.15) is 0 Å². The predicted octanol–water partition coefficient (Wildman–Crippen LogP) is 0.538. The molecule has 48 valence electrons. The summed E-state index contributed by atoms with van der Waals surface area (Å²) in [6, 6.07) is 0. The molecule has 0 unspecified atom stereocenters. The minimum atomic E-state index is -0.312. The van der Waals surface area contributed by atoms with Crippen LogP contribution in [0.3, 0.4) is 0 Å². The molecule has 3 nitrogen and oxygen atoms in total. The summed E-state index contributed by atoms with van der Waals surface area (Å²) in [6.07, 6.45) is 0.756. The van der Waals surface area contributed by atoms with Crippen LogP contribution < -0.4 is 5.48 Å². The molecule has 0 saturated heterocycles. The number of carbonyl (C=O) groups excluding carboxylic acids is 1. The van der Waals surface area contributed by atoms with E-state index < -0.39 is 0 Å². The summed E-state index contributed by atoms with van der Waals surface area (Å²) in [5.41, 5.74) is 1.58. The number of rotatable bonds is 2. The van der Waals surface area contributed by atoms with E-state index in [1.165, 1.54) is 0 Å². The Morgan fingerprint density at radius 3 is 2.50 bits per heavy atom. The van der Waals surface area contributed by atoms with E-state index in [2.05, 4.69) is 0 Å². The average Bonchev–Trinajstić information content (AvgIpc) is 1.84. The molecule has 0 radical (unpaired) electrons. The Balaban J connectivity index is 3.46. The summed E-state index contributed by atoms with van der Waals surface area (Å²) in [7, 11) is 0. The minimum Gasteiger partial charge on any atom is -0.289 e. The van der Waals surface area contributed by atoms with Gasteiger partial charge < -0.3 is 0 Å². The molecule has 0 spiro atoms. The van der Waals surface area contributed by atoms with E-state index in [4.69, 9.17) is 5.21 Å². The van der Waals surface area contributed by atoms with Crippen LogP contribution in [-0.2, 0) is 4.79 Å². The monoisotopic (exact) mass is 117 g/mol. The molecule has 0 bridgehead atoms. The average molecular weight is 117 g/mol. The van der Waals surface area contributed by atoms with Crippen molar-refractivity contribution in [2.24, 2.45) is 5.92 Å². The van der Waals surface area contributed by atoms with Crippen LogP contribution in [0.4, 0.5) is 0 Å². The van der Waals surface area contributed by atoms with E-state index in [0.29, 0.717) is 0 Å². The smallest absolute Gasteiger partial charge is 0.246 e. The second-order valence-electron chi connectivity index (χ2n) is 1.79. The normalized spacial score (nSPS) is 12.9. The lowest BCUT2D eigenvalue weighted by molar-refractivity contribution is -0.132. The van der Waals surface area contributed by atoms with Gasteiger partial charge in [-0.25, -0.2) is 5.48 Å². The molecule has 0 heterocycles. The molecule has 1 atom stereocenters. The third-order valence-corrected chi connectivity index (χ3v) is 1.17. The highest BCUT2D eigenvalue weighted by molar-refractivity contribution is 5.76. The van der Waals surface area contributed by atoms with E-state index in [1.54, 1.807) is 12.4 Å². The van der Waals surface area contributed by atoms with Crippen LogP contribution in [0, 0.1) is 5.92 Å². The minimum absolute atomic E-state index is 0.0833. The molecule has 0 saturated carbocycles. The molecular weight excluding hydrogens is 106 g/mol. The van der Waals surface area contributed by atoms with Gasteiger partial charge >= 0.3 is 0 Å². The van der Waals surface area contributed by atoms with Crippen molar-refractivity contribution >= 4 is 5.91 Å². The lowest BCUT2D eigenvalue weighted by Gasteiger charge is -2.02. The zero-order valence-electron chi connectivity index (χ0n) is 5.14. The zero-order chi connectivity index (χ0) is 6.57. The Morgan fingerprint density at radius 2 is 2.38 bits per heavy atom. The van der Waals surface area contributed by atoms with Gasteiger partial charge in [-0.3, -0.25) is 10.0 Å². The van der Waals surface area contributed by atoms with Crippen LogP contribution in [0.5, 0.6) is 0 Å². The highest BCUT2D eigenvalue weighted by atomic mass is 16.5. The van der Waals surface area contributed by atoms with Crippen molar-refractivity contribution in [2.75, 3.05) is 0 Å². The summed E-state index contributed by atoms with van der Waals surface area (Å²) in [5.74, 6) is -0.396. The molecule has 0 aliphatic rings. The van der Waals surface area contributed by atoms with Gasteiger partial charge in [0.2, 0.25) is 5.91 Å². The number of amides is 1. The molecule has 0 fully saturated rings. The fourth-order valence-electron chi connectivity index (χ4n) is 0.296. The Morgan fingerprint density at radius 1 is 1.88 bits per heavy atom. The number of hydroxylamine groups is 1. The number of carbonyl (C=O) groups is 1. The third-order valence-electron chi connectivity index (χ3n) is 1.17. The van der Waals surface area contributed by atoms with Crippen molar-refractivity contribution in [1.29, 1.82) is 0 Å². The molecule has 0 rings (SSSR count). The zero-order valence-corrected chi connectivity index (χ0v) is 5.14. The highest BCUT2D eigenvalue weighted by Gasteiger charge is 2.06. The number of hydrogen-bond donors (Lipinski definition) is 2. The summed E-state index contributed by atoms with van der Waals surface area (Å²) in [6.45, 7) is 3.64. The van der Waals surface area contributed by atoms with Crippen molar-refractivity contribution in [3.63, 3.8) is 0 Å². The molecule has 1 amide bonds. The van der Waals surface area contributed by atoms with Crippen LogP contribution in [-0.4, -0.2) is 11.1 Å². The van der Waals surface area contributed by atoms with E-state index in [0.717, 1.165) is 6.42 Å². The van der Waals surface area contributed by atoms with Crippen LogP contribution in [0.15, 0.2) is 0 Å². The van der Waals surface area contributed by atoms with Crippen molar-refractivity contribution in [2.45, 2.75) is 20.3 Å². The second kappa shape index (κ2) is 3.43. The molecular formula is C5H11NO2. The Labute approximate surface area is 48.7 Å². The standard InChI is InChI=1S/C5H11NO2/c1-3-4(2)5(7)6-8/h4,8H,3H2,1-2H3,(H,6,7)/t4-/m0/s1. The lowest BCUT2D eigenvalue weighted by atomic mass is 10.1. The Kier molecular flexibility index (Phi) is 3.19. The first-order chi connectivity index (χ1) is 3.72. The maximum Gasteiger partial charge on any atom is 0.246 e. The van der Waals surface area contributed by atoms with Crippen molar-refractivity contribution in [1.82, 2.24) is 5.48 Å². The molecule has 2 N–H and O–H groups in total. The molecule has 0 aromatic carbocycles. The van der Waals surface area contributed by atoms with Crippen molar-refractivity contribution < 1.29 is 10.0 Å². The molecule has 3 heteroatoms. The van der Waals surface area contributed by atoms with Gasteiger partial charge in [-0.15, -0.1) is 0 Å². The van der Waals surface area contributed by atoms with Crippen molar-refractivity contribution in [3.8, 4) is 0 Å². The van der Waals surface area contributed by atoms with Gasteiger partial charge in [-0.1, -0.05) is 13.8 Å². The van der Waals surface area contributed by atoms with Gasteiger partial charge in [-0.05, 0) is 6.42 Å². The van der Waals surface area contributed by atoms with Gasteiger partial charge in [0.05, 0.1) is 0 Å². The van der Waals surface area contributed by atoms with Gasteiger partial charge in [0.15, 0.2) is 0 Å². The van der Waals surface area contributed by atoms with Crippen LogP contribution in [0.1, 0.15) is 20.3 Å². The first-order valence-electron chi connectivity index (χ1n) is 2.66. The molecule has 0 aromatic rings. The fraction of sp³-hybridized carbons (Fsp3) is 0.800. The molecule has 0 aliphatic heterocycles. The summed E-state index contributed by atoms with van der Waals surface area (Å²) >= 11 is 0. The van der Waals surface area contributed by atoms with Crippen LogP contribution in [0.2, 0.25) is 0 Å². The maximum atomic E-state index is 10.4. The Bertz CT molecular complexity index is 82.5. The lowest BCUT2D eigenvalue weighted by Crippen LogP contribution is -2.25. The summed E-state index contributed by atoms with van der Waals surface area (Å²) < 4.78 is 0. The van der Waals surface area contributed by atoms with Crippen LogP contribution >= 0.6 is 0 Å². The topological polar surface area (TPSA) is 49.3 Å². The summed E-state index contributed by atoms with van der Waals surface area (Å²) in [4.78, 5) is 10.4. The predicted molar refractivity (Wildman–Crippen MR) is 29.4 cm³/mol. The van der Waals surface area contributed by atoms with Gasteiger partial charge in [0.25, 0.3) is 0 Å². The molecule has 0 aromatic heterocycles. The van der Waals surface area contributed by atoms with E-state index in [9.17, 15) is 4.79 Å². The van der Waals surface area contributed by atoms with E-state index in [-0.39, 0.29) is 11.8 Å². The van der Waals surface area contributed by atoms with Gasteiger partial charge in [-0.2, -0.15) is 0 Å². The molecule has 0 aliphatic carbocycles. The second-order valence-corrected chi connectivity index (χ2v) is 1.79. The fourth-order valence-corrected chi connectivity index (χ4v) is 0.296. The summed E-state index contributed by atoms with van der Waals surface area (Å²) in [5, 5.41) is 8.04. The quantitative estimate of drug-likeness (QED) is 0.409.